The van der Waals surface area contributed by atoms with Gasteiger partial charge in [0.1, 0.15) is 5.82 Å². The highest BCUT2D eigenvalue weighted by Crippen LogP contribution is 2.55. The number of fused-ring (bicyclic) bond motifs is 1. The van der Waals surface area contributed by atoms with Gasteiger partial charge in [-0.15, -0.1) is 0 Å². The van der Waals surface area contributed by atoms with Crippen LogP contribution in [0.15, 0.2) is 42.6 Å². The molecule has 4 aliphatic carbocycles. The molecule has 0 saturated heterocycles. The number of imidazole rings is 1. The minimum Gasteiger partial charge on any atom is -0.345 e. The number of rotatable bonds is 3. The predicted molar refractivity (Wildman–Crippen MR) is 119 cm³/mol. The standard InChI is InChI=1S/C24H23Cl2N3O/c25-18-5-4-17(10-19(18)26)22-27-21(20-3-1-2-6-29(20)22)23(30)28-24-11-14-7-15(12-24)9-16(8-14)13-24/h1-6,10,14-16H,7-9,11-13H2,(H,28,30). The summed E-state index contributed by atoms with van der Waals surface area (Å²) in [4.78, 5) is 18.3. The van der Waals surface area contributed by atoms with Crippen LogP contribution >= 0.6 is 23.2 Å². The monoisotopic (exact) mass is 439 g/mol. The summed E-state index contributed by atoms with van der Waals surface area (Å²) in [6, 6.07) is 11.3. The minimum atomic E-state index is -0.0630. The Hall–Kier alpha value is -2.04. The summed E-state index contributed by atoms with van der Waals surface area (Å²) in [5, 5.41) is 4.43. The summed E-state index contributed by atoms with van der Waals surface area (Å²) in [6.07, 6.45) is 9.35. The van der Waals surface area contributed by atoms with Crippen LogP contribution in [0.2, 0.25) is 10.0 Å². The Balaban J connectivity index is 1.38. The van der Waals surface area contributed by atoms with Crippen molar-refractivity contribution in [2.24, 2.45) is 17.8 Å². The highest BCUT2D eigenvalue weighted by molar-refractivity contribution is 6.42. The minimum absolute atomic E-state index is 0.0414. The van der Waals surface area contributed by atoms with Crippen LogP contribution in [-0.2, 0) is 0 Å². The molecular formula is C24H23Cl2N3O. The molecule has 1 amide bonds. The van der Waals surface area contributed by atoms with Gasteiger partial charge in [0, 0.05) is 17.3 Å². The second-order valence-electron chi connectivity index (χ2n) is 9.52. The first-order valence-electron chi connectivity index (χ1n) is 10.7. The molecule has 0 spiro atoms. The maximum absolute atomic E-state index is 13.5. The van der Waals surface area contributed by atoms with E-state index in [-0.39, 0.29) is 11.4 Å². The van der Waals surface area contributed by atoms with Gasteiger partial charge in [-0.1, -0.05) is 29.3 Å². The van der Waals surface area contributed by atoms with E-state index in [1.54, 1.807) is 12.1 Å². The van der Waals surface area contributed by atoms with Gasteiger partial charge in [0.2, 0.25) is 0 Å². The zero-order valence-corrected chi connectivity index (χ0v) is 18.1. The van der Waals surface area contributed by atoms with Crippen LogP contribution < -0.4 is 5.32 Å². The summed E-state index contributed by atoms with van der Waals surface area (Å²) in [5.41, 5.74) is 2.08. The van der Waals surface area contributed by atoms with Crippen molar-refractivity contribution in [2.45, 2.75) is 44.1 Å². The predicted octanol–water partition coefficient (Wildman–Crippen LogP) is 6.01. The fourth-order valence-corrected chi connectivity index (χ4v) is 6.91. The quantitative estimate of drug-likeness (QED) is 0.543. The van der Waals surface area contributed by atoms with E-state index in [1.807, 2.05) is 34.9 Å². The van der Waals surface area contributed by atoms with Gasteiger partial charge in [-0.05, 0) is 86.6 Å². The third kappa shape index (κ3) is 2.96. The SMILES string of the molecule is O=C(NC12CC3CC(CC(C3)C1)C2)c1nc(-c2ccc(Cl)c(Cl)c2)n2ccccc12. The number of amides is 1. The molecule has 0 atom stereocenters. The van der Waals surface area contributed by atoms with Crippen LogP contribution in [0.1, 0.15) is 49.0 Å². The molecular weight excluding hydrogens is 417 g/mol. The van der Waals surface area contributed by atoms with E-state index in [4.69, 9.17) is 28.2 Å². The first-order valence-corrected chi connectivity index (χ1v) is 11.5. The van der Waals surface area contributed by atoms with Crippen LogP contribution in [0.4, 0.5) is 0 Å². The van der Waals surface area contributed by atoms with Crippen LogP contribution in [0.5, 0.6) is 0 Å². The Morgan fingerprint density at radius 2 is 1.70 bits per heavy atom. The lowest BCUT2D eigenvalue weighted by atomic mass is 9.53. The lowest BCUT2D eigenvalue weighted by Gasteiger charge is -2.56. The molecule has 4 fully saturated rings. The Bertz CT molecular complexity index is 1130. The van der Waals surface area contributed by atoms with Crippen LogP contribution in [0, 0.1) is 17.8 Å². The van der Waals surface area contributed by atoms with Gasteiger partial charge in [-0.3, -0.25) is 9.20 Å². The number of pyridine rings is 1. The molecule has 7 rings (SSSR count). The third-order valence-electron chi connectivity index (χ3n) is 7.36. The number of aromatic nitrogens is 2. The van der Waals surface area contributed by atoms with Crippen molar-refractivity contribution in [3.63, 3.8) is 0 Å². The lowest BCUT2D eigenvalue weighted by Crippen LogP contribution is -2.59. The van der Waals surface area contributed by atoms with Crippen molar-refractivity contribution in [1.29, 1.82) is 0 Å². The van der Waals surface area contributed by atoms with Gasteiger partial charge in [-0.2, -0.15) is 0 Å². The molecule has 4 aliphatic rings. The van der Waals surface area contributed by atoms with E-state index in [0.29, 0.717) is 21.6 Å². The number of halogens is 2. The van der Waals surface area contributed by atoms with E-state index in [1.165, 1.54) is 19.3 Å². The number of hydrogen-bond donors (Lipinski definition) is 1. The molecule has 1 aromatic carbocycles. The van der Waals surface area contributed by atoms with Crippen molar-refractivity contribution >= 4 is 34.6 Å². The number of carbonyl (C=O) groups is 1. The molecule has 1 N–H and O–H groups in total. The first-order chi connectivity index (χ1) is 14.5. The van der Waals surface area contributed by atoms with Crippen LogP contribution in [0.25, 0.3) is 16.9 Å². The van der Waals surface area contributed by atoms with E-state index in [2.05, 4.69) is 5.32 Å². The Kier molecular flexibility index (Phi) is 4.20. The van der Waals surface area contributed by atoms with Gasteiger partial charge in [0.05, 0.1) is 15.6 Å². The summed E-state index contributed by atoms with van der Waals surface area (Å²) in [5.74, 6) is 2.97. The molecule has 4 nitrogen and oxygen atoms in total. The average Bonchev–Trinajstić information content (AvgIpc) is 3.09. The fraction of sp³-hybridized carbons (Fsp3) is 0.417. The summed E-state index contributed by atoms with van der Waals surface area (Å²) in [7, 11) is 0. The highest BCUT2D eigenvalue weighted by Gasteiger charge is 2.51. The van der Waals surface area contributed by atoms with Crippen molar-refractivity contribution in [3.8, 4) is 11.4 Å². The number of benzene rings is 1. The molecule has 2 heterocycles. The van der Waals surface area contributed by atoms with Crippen molar-refractivity contribution in [1.82, 2.24) is 14.7 Å². The normalized spacial score (nSPS) is 29.5. The van der Waals surface area contributed by atoms with Crippen molar-refractivity contribution < 1.29 is 4.79 Å². The van der Waals surface area contributed by atoms with Crippen molar-refractivity contribution in [2.75, 3.05) is 0 Å². The number of nitrogens with one attached hydrogen (secondary N) is 1. The number of hydrogen-bond acceptors (Lipinski definition) is 2. The number of carbonyl (C=O) groups excluding carboxylic acids is 1. The van der Waals surface area contributed by atoms with Crippen molar-refractivity contribution in [3.05, 3.63) is 58.3 Å². The molecule has 0 unspecified atom stereocenters. The zero-order chi connectivity index (χ0) is 20.5. The summed E-state index contributed by atoms with van der Waals surface area (Å²) < 4.78 is 1.95. The highest BCUT2D eigenvalue weighted by atomic mass is 35.5. The van der Waals surface area contributed by atoms with Crippen LogP contribution in [0.3, 0.4) is 0 Å². The topological polar surface area (TPSA) is 46.4 Å². The molecule has 30 heavy (non-hydrogen) atoms. The zero-order valence-electron chi connectivity index (χ0n) is 16.6. The third-order valence-corrected chi connectivity index (χ3v) is 8.10. The maximum atomic E-state index is 13.5. The molecule has 4 saturated carbocycles. The average molecular weight is 440 g/mol. The molecule has 4 bridgehead atoms. The number of nitrogens with zero attached hydrogens (tertiary/aromatic N) is 2. The van der Waals surface area contributed by atoms with Gasteiger partial charge in [-0.25, -0.2) is 4.98 Å². The van der Waals surface area contributed by atoms with E-state index in [9.17, 15) is 4.79 Å². The fourth-order valence-electron chi connectivity index (χ4n) is 6.61. The molecule has 0 aliphatic heterocycles. The Morgan fingerprint density at radius 3 is 2.37 bits per heavy atom. The Morgan fingerprint density at radius 1 is 1.00 bits per heavy atom. The molecule has 3 aromatic rings. The van der Waals surface area contributed by atoms with E-state index in [0.717, 1.165) is 48.1 Å². The second-order valence-corrected chi connectivity index (χ2v) is 10.3. The van der Waals surface area contributed by atoms with Gasteiger partial charge < -0.3 is 5.32 Å². The van der Waals surface area contributed by atoms with Gasteiger partial charge in [0.25, 0.3) is 5.91 Å². The van der Waals surface area contributed by atoms with E-state index < -0.39 is 0 Å². The molecule has 154 valence electrons. The van der Waals surface area contributed by atoms with Crippen LogP contribution in [-0.4, -0.2) is 20.8 Å². The molecule has 6 heteroatoms. The Labute approximate surface area is 185 Å². The largest absolute Gasteiger partial charge is 0.345 e. The summed E-state index contributed by atoms with van der Waals surface area (Å²) in [6.45, 7) is 0. The molecule has 0 radical (unpaired) electrons. The van der Waals surface area contributed by atoms with Gasteiger partial charge in [0.15, 0.2) is 5.69 Å². The maximum Gasteiger partial charge on any atom is 0.272 e. The molecule has 2 aromatic heterocycles. The smallest absolute Gasteiger partial charge is 0.272 e. The lowest BCUT2D eigenvalue weighted by molar-refractivity contribution is -0.0167. The summed E-state index contributed by atoms with van der Waals surface area (Å²) >= 11 is 12.3. The van der Waals surface area contributed by atoms with Gasteiger partial charge >= 0.3 is 0 Å². The first kappa shape index (κ1) is 18.7. The van der Waals surface area contributed by atoms with E-state index >= 15 is 0 Å². The second kappa shape index (κ2) is 6.73.